The summed E-state index contributed by atoms with van der Waals surface area (Å²) in [7, 11) is 0. The molecule has 19 heavy (non-hydrogen) atoms. The fourth-order valence-electron chi connectivity index (χ4n) is 1.80. The van der Waals surface area contributed by atoms with Crippen LogP contribution in [0.25, 0.3) is 0 Å². The highest BCUT2D eigenvalue weighted by Crippen LogP contribution is 2.23. The standard InChI is InChI=1S/C14H13BrF2N2/c15-9-4-6-10(7-5-9)19-13(8-18)11-2-1-3-12(16)14(11)17/h1-7,13,19H,8,18H2. The van der Waals surface area contributed by atoms with Crippen LogP contribution in [0, 0.1) is 11.6 Å². The van der Waals surface area contributed by atoms with Gasteiger partial charge in [-0.25, -0.2) is 8.78 Å². The zero-order chi connectivity index (χ0) is 13.8. The summed E-state index contributed by atoms with van der Waals surface area (Å²) in [6.07, 6.45) is 0. The summed E-state index contributed by atoms with van der Waals surface area (Å²) in [6, 6.07) is 11.0. The lowest BCUT2D eigenvalue weighted by Gasteiger charge is -2.19. The molecule has 0 saturated heterocycles. The monoisotopic (exact) mass is 326 g/mol. The lowest BCUT2D eigenvalue weighted by atomic mass is 10.1. The van der Waals surface area contributed by atoms with Gasteiger partial charge in [0.2, 0.25) is 0 Å². The van der Waals surface area contributed by atoms with Gasteiger partial charge in [-0.1, -0.05) is 28.1 Å². The third-order valence-corrected chi connectivity index (χ3v) is 3.31. The van der Waals surface area contributed by atoms with Crippen molar-refractivity contribution in [3.63, 3.8) is 0 Å². The molecule has 0 amide bonds. The van der Waals surface area contributed by atoms with Crippen molar-refractivity contribution in [3.8, 4) is 0 Å². The molecule has 3 N–H and O–H groups in total. The van der Waals surface area contributed by atoms with E-state index < -0.39 is 17.7 Å². The Kier molecular flexibility index (Phi) is 4.50. The van der Waals surface area contributed by atoms with Crippen molar-refractivity contribution >= 4 is 21.6 Å². The molecule has 2 aromatic carbocycles. The van der Waals surface area contributed by atoms with E-state index in [4.69, 9.17) is 5.73 Å². The smallest absolute Gasteiger partial charge is 0.164 e. The van der Waals surface area contributed by atoms with E-state index in [9.17, 15) is 8.78 Å². The number of hydrogen-bond donors (Lipinski definition) is 2. The number of anilines is 1. The molecule has 0 fully saturated rings. The number of halogens is 3. The van der Waals surface area contributed by atoms with Gasteiger partial charge in [-0.15, -0.1) is 0 Å². The molecule has 0 radical (unpaired) electrons. The van der Waals surface area contributed by atoms with Crippen LogP contribution in [-0.2, 0) is 0 Å². The van der Waals surface area contributed by atoms with E-state index in [0.29, 0.717) is 0 Å². The van der Waals surface area contributed by atoms with Gasteiger partial charge in [0, 0.05) is 22.3 Å². The quantitative estimate of drug-likeness (QED) is 0.895. The lowest BCUT2D eigenvalue weighted by molar-refractivity contribution is 0.492. The molecule has 1 unspecified atom stereocenters. The number of hydrogen-bond acceptors (Lipinski definition) is 2. The molecule has 2 nitrogen and oxygen atoms in total. The number of rotatable bonds is 4. The van der Waals surface area contributed by atoms with E-state index >= 15 is 0 Å². The zero-order valence-electron chi connectivity index (χ0n) is 10.0. The Hall–Kier alpha value is -1.46. The molecule has 100 valence electrons. The van der Waals surface area contributed by atoms with Gasteiger partial charge in [-0.05, 0) is 30.3 Å². The van der Waals surface area contributed by atoms with E-state index in [-0.39, 0.29) is 12.1 Å². The minimum Gasteiger partial charge on any atom is -0.377 e. The van der Waals surface area contributed by atoms with E-state index in [1.807, 2.05) is 24.3 Å². The maximum atomic E-state index is 13.7. The number of benzene rings is 2. The second-order valence-corrected chi connectivity index (χ2v) is 5.00. The zero-order valence-corrected chi connectivity index (χ0v) is 11.6. The first-order valence-corrected chi connectivity index (χ1v) is 6.57. The van der Waals surface area contributed by atoms with Crippen molar-refractivity contribution in [2.24, 2.45) is 5.73 Å². The maximum absolute atomic E-state index is 13.7. The molecule has 0 aromatic heterocycles. The topological polar surface area (TPSA) is 38.0 Å². The highest BCUT2D eigenvalue weighted by atomic mass is 79.9. The second kappa shape index (κ2) is 6.12. The summed E-state index contributed by atoms with van der Waals surface area (Å²) in [6.45, 7) is 0.163. The van der Waals surface area contributed by atoms with Crippen LogP contribution in [0.1, 0.15) is 11.6 Å². The normalized spacial score (nSPS) is 12.2. The number of nitrogens with one attached hydrogen (secondary N) is 1. The van der Waals surface area contributed by atoms with Gasteiger partial charge in [0.1, 0.15) is 0 Å². The average Bonchev–Trinajstić information content (AvgIpc) is 2.42. The van der Waals surface area contributed by atoms with Crippen LogP contribution in [0.4, 0.5) is 14.5 Å². The number of nitrogens with two attached hydrogens (primary N) is 1. The summed E-state index contributed by atoms with van der Waals surface area (Å²) in [4.78, 5) is 0. The van der Waals surface area contributed by atoms with Crippen molar-refractivity contribution in [3.05, 3.63) is 64.1 Å². The van der Waals surface area contributed by atoms with Crippen molar-refractivity contribution in [2.75, 3.05) is 11.9 Å². The molecule has 5 heteroatoms. The van der Waals surface area contributed by atoms with Crippen molar-refractivity contribution in [1.82, 2.24) is 0 Å². The Morgan fingerprint density at radius 3 is 2.42 bits per heavy atom. The Labute approximate surface area is 118 Å². The molecule has 1 atom stereocenters. The first kappa shape index (κ1) is 14.0. The largest absolute Gasteiger partial charge is 0.377 e. The maximum Gasteiger partial charge on any atom is 0.164 e. The van der Waals surface area contributed by atoms with Crippen molar-refractivity contribution in [2.45, 2.75) is 6.04 Å². The van der Waals surface area contributed by atoms with Crippen LogP contribution in [0.2, 0.25) is 0 Å². The van der Waals surface area contributed by atoms with E-state index in [1.165, 1.54) is 12.1 Å². The summed E-state index contributed by atoms with van der Waals surface area (Å²) >= 11 is 3.33. The second-order valence-electron chi connectivity index (χ2n) is 4.08. The van der Waals surface area contributed by atoms with Crippen LogP contribution in [0.5, 0.6) is 0 Å². The van der Waals surface area contributed by atoms with E-state index in [0.717, 1.165) is 16.2 Å². The molecule has 2 aromatic rings. The predicted molar refractivity (Wildman–Crippen MR) is 75.9 cm³/mol. The van der Waals surface area contributed by atoms with E-state index in [2.05, 4.69) is 21.2 Å². The molecule has 0 bridgehead atoms. The first-order valence-electron chi connectivity index (χ1n) is 5.78. The molecule has 0 aliphatic rings. The minimum atomic E-state index is -0.867. The Bertz CT molecular complexity index is 558. The first-order chi connectivity index (χ1) is 9.11. The summed E-state index contributed by atoms with van der Waals surface area (Å²) < 4.78 is 27.9. The van der Waals surface area contributed by atoms with E-state index in [1.54, 1.807) is 0 Å². The highest BCUT2D eigenvalue weighted by molar-refractivity contribution is 9.10. The molecular formula is C14H13BrF2N2. The summed E-state index contributed by atoms with van der Waals surface area (Å²) in [5.74, 6) is -1.73. The van der Waals surface area contributed by atoms with Crippen LogP contribution in [0.15, 0.2) is 46.9 Å². The molecule has 2 rings (SSSR count). The van der Waals surface area contributed by atoms with Gasteiger partial charge in [0.05, 0.1) is 6.04 Å². The third kappa shape index (κ3) is 3.30. The fourth-order valence-corrected chi connectivity index (χ4v) is 2.06. The Morgan fingerprint density at radius 2 is 1.79 bits per heavy atom. The van der Waals surface area contributed by atoms with Gasteiger partial charge in [0.25, 0.3) is 0 Å². The molecule has 0 aliphatic heterocycles. The lowest BCUT2D eigenvalue weighted by Crippen LogP contribution is -2.22. The molecule has 0 aliphatic carbocycles. The van der Waals surface area contributed by atoms with Gasteiger partial charge in [-0.3, -0.25) is 0 Å². The fraction of sp³-hybridized carbons (Fsp3) is 0.143. The van der Waals surface area contributed by atoms with Gasteiger partial charge < -0.3 is 11.1 Å². The minimum absolute atomic E-state index is 0.163. The average molecular weight is 327 g/mol. The Balaban J connectivity index is 2.25. The molecule has 0 heterocycles. The molecular weight excluding hydrogens is 314 g/mol. The van der Waals surface area contributed by atoms with Crippen LogP contribution in [-0.4, -0.2) is 6.54 Å². The van der Waals surface area contributed by atoms with Crippen molar-refractivity contribution in [1.29, 1.82) is 0 Å². The SMILES string of the molecule is NCC(Nc1ccc(Br)cc1)c1cccc(F)c1F. The highest BCUT2D eigenvalue weighted by Gasteiger charge is 2.16. The Morgan fingerprint density at radius 1 is 1.11 bits per heavy atom. The van der Waals surface area contributed by atoms with Gasteiger partial charge in [0.15, 0.2) is 11.6 Å². The van der Waals surface area contributed by atoms with Crippen LogP contribution < -0.4 is 11.1 Å². The summed E-state index contributed by atoms with van der Waals surface area (Å²) in [5.41, 5.74) is 6.66. The van der Waals surface area contributed by atoms with Gasteiger partial charge >= 0.3 is 0 Å². The van der Waals surface area contributed by atoms with Gasteiger partial charge in [-0.2, -0.15) is 0 Å². The van der Waals surface area contributed by atoms with Crippen LogP contribution >= 0.6 is 15.9 Å². The van der Waals surface area contributed by atoms with Crippen molar-refractivity contribution < 1.29 is 8.78 Å². The predicted octanol–water partition coefficient (Wildman–Crippen LogP) is 3.84. The van der Waals surface area contributed by atoms with Crippen LogP contribution in [0.3, 0.4) is 0 Å². The molecule has 0 saturated carbocycles. The summed E-state index contributed by atoms with van der Waals surface area (Å²) in [5, 5.41) is 3.09. The third-order valence-electron chi connectivity index (χ3n) is 2.78. The molecule has 0 spiro atoms.